The highest BCUT2D eigenvalue weighted by molar-refractivity contribution is 5.71. The molecule has 6 heteroatoms. The largest absolute Gasteiger partial charge is 0.462 e. The standard InChI is InChI=1S/C69H114O6/c1-4-7-10-13-16-19-22-25-28-31-33-34-36-38-41-44-47-50-53-56-59-62-68(71)74-65-66(64-73-67(70)61-58-55-52-49-46-43-40-37-30-27-24-21-18-15-12-9-6-3)75-69(72)63-60-57-54-51-48-45-42-39-35-32-29-26-23-20-17-14-11-8-5-2/h7,10,16-21,25-30,33-35,38-39,41,66H,4-6,8-9,11-15,22-24,31-32,36-37,40,42-65H2,1-3H3/b10-7-,19-16-,20-17-,21-18-,28-25-,29-26-,30-27-,34-33-,39-35-,41-38-. The van der Waals surface area contributed by atoms with Gasteiger partial charge in [0.05, 0.1) is 0 Å². The van der Waals surface area contributed by atoms with E-state index < -0.39 is 6.10 Å². The molecule has 0 spiro atoms. The number of ether oxygens (including phenoxy) is 3. The van der Waals surface area contributed by atoms with E-state index in [1.54, 1.807) is 0 Å². The van der Waals surface area contributed by atoms with Gasteiger partial charge in [-0.05, 0) is 135 Å². The van der Waals surface area contributed by atoms with Crippen LogP contribution in [0, 0.1) is 0 Å². The molecule has 0 rings (SSSR count). The van der Waals surface area contributed by atoms with Crippen molar-refractivity contribution in [1.29, 1.82) is 0 Å². The summed E-state index contributed by atoms with van der Waals surface area (Å²) < 4.78 is 16.9. The van der Waals surface area contributed by atoms with Gasteiger partial charge >= 0.3 is 17.9 Å². The Morgan fingerprint density at radius 1 is 0.280 bits per heavy atom. The molecule has 0 N–H and O–H groups in total. The van der Waals surface area contributed by atoms with Gasteiger partial charge in [-0.3, -0.25) is 14.4 Å². The van der Waals surface area contributed by atoms with Gasteiger partial charge in [0.1, 0.15) is 13.2 Å². The highest BCUT2D eigenvalue weighted by atomic mass is 16.6. The van der Waals surface area contributed by atoms with E-state index in [4.69, 9.17) is 14.2 Å². The van der Waals surface area contributed by atoms with E-state index in [2.05, 4.69) is 142 Å². The number of esters is 3. The van der Waals surface area contributed by atoms with Crippen LogP contribution in [0.2, 0.25) is 0 Å². The Kier molecular flexibility index (Phi) is 58.9. The zero-order chi connectivity index (χ0) is 54.3. The SMILES string of the molecule is CC/C=C\C/C=C\C/C=C\C/C=C\C/C=C\CCCCCCCC(=O)OCC(COC(=O)CCCCCCCCC/C=C\C/C=C\CCCCC)OC(=O)CCCCCCCC/C=C\C/C=C\C/C=C\CCCCC. The van der Waals surface area contributed by atoms with Gasteiger partial charge in [0.15, 0.2) is 6.10 Å². The summed E-state index contributed by atoms with van der Waals surface area (Å²) in [5.41, 5.74) is 0. The predicted octanol–water partition coefficient (Wildman–Crippen LogP) is 21.2. The fourth-order valence-electron chi connectivity index (χ4n) is 8.27. The molecule has 0 radical (unpaired) electrons. The van der Waals surface area contributed by atoms with Crippen molar-refractivity contribution >= 4 is 17.9 Å². The molecule has 0 aromatic rings. The molecule has 0 saturated heterocycles. The monoisotopic (exact) mass is 1040 g/mol. The van der Waals surface area contributed by atoms with Crippen LogP contribution < -0.4 is 0 Å². The quantitative estimate of drug-likeness (QED) is 0.0261. The molecule has 0 bridgehead atoms. The van der Waals surface area contributed by atoms with Crippen LogP contribution in [0.5, 0.6) is 0 Å². The van der Waals surface area contributed by atoms with Crippen molar-refractivity contribution in [2.45, 2.75) is 284 Å². The Balaban J connectivity index is 4.48. The lowest BCUT2D eigenvalue weighted by Crippen LogP contribution is -2.30. The molecular formula is C69H114O6. The maximum atomic E-state index is 12.9. The van der Waals surface area contributed by atoms with Gasteiger partial charge < -0.3 is 14.2 Å². The van der Waals surface area contributed by atoms with Gasteiger partial charge in [-0.1, -0.05) is 245 Å². The van der Waals surface area contributed by atoms with Crippen LogP contribution in [0.4, 0.5) is 0 Å². The summed E-state index contributed by atoms with van der Waals surface area (Å²) in [6.45, 7) is 6.45. The summed E-state index contributed by atoms with van der Waals surface area (Å²) in [5, 5.41) is 0. The smallest absolute Gasteiger partial charge is 0.306 e. The molecule has 75 heavy (non-hydrogen) atoms. The summed E-state index contributed by atoms with van der Waals surface area (Å²) >= 11 is 0. The Labute approximate surface area is 462 Å². The minimum absolute atomic E-state index is 0.0965. The second kappa shape index (κ2) is 62.4. The van der Waals surface area contributed by atoms with Gasteiger partial charge in [0.25, 0.3) is 0 Å². The van der Waals surface area contributed by atoms with Crippen LogP contribution in [0.25, 0.3) is 0 Å². The summed E-state index contributed by atoms with van der Waals surface area (Å²) in [7, 11) is 0. The Morgan fingerprint density at radius 2 is 0.520 bits per heavy atom. The molecule has 0 aliphatic heterocycles. The normalized spacial score (nSPS) is 12.9. The summed E-state index contributed by atoms with van der Waals surface area (Å²) in [6, 6.07) is 0. The van der Waals surface area contributed by atoms with E-state index in [9.17, 15) is 14.4 Å². The minimum Gasteiger partial charge on any atom is -0.462 e. The lowest BCUT2D eigenvalue weighted by atomic mass is 10.1. The third kappa shape index (κ3) is 60.6. The first kappa shape index (κ1) is 70.8. The van der Waals surface area contributed by atoms with Crippen molar-refractivity contribution in [3.63, 3.8) is 0 Å². The molecule has 0 aliphatic carbocycles. The topological polar surface area (TPSA) is 78.9 Å². The fourth-order valence-corrected chi connectivity index (χ4v) is 8.27. The van der Waals surface area contributed by atoms with E-state index in [0.29, 0.717) is 19.3 Å². The van der Waals surface area contributed by atoms with Gasteiger partial charge in [0.2, 0.25) is 0 Å². The molecule has 0 fully saturated rings. The fraction of sp³-hybridized carbons (Fsp3) is 0.667. The highest BCUT2D eigenvalue weighted by Gasteiger charge is 2.19. The van der Waals surface area contributed by atoms with Gasteiger partial charge in [-0.15, -0.1) is 0 Å². The summed E-state index contributed by atoms with van der Waals surface area (Å²) in [5.74, 6) is -0.933. The van der Waals surface area contributed by atoms with Gasteiger partial charge in [-0.2, -0.15) is 0 Å². The predicted molar refractivity (Wildman–Crippen MR) is 325 cm³/mol. The maximum absolute atomic E-state index is 12.9. The number of unbranched alkanes of at least 4 members (excludes halogenated alkanes) is 24. The molecule has 6 nitrogen and oxygen atoms in total. The molecule has 0 aliphatic rings. The first-order valence-corrected chi connectivity index (χ1v) is 31.0. The average molecular weight is 1040 g/mol. The lowest BCUT2D eigenvalue weighted by Gasteiger charge is -2.18. The second-order valence-electron chi connectivity index (χ2n) is 20.2. The Morgan fingerprint density at radius 3 is 0.813 bits per heavy atom. The number of rotatable bonds is 55. The van der Waals surface area contributed by atoms with E-state index >= 15 is 0 Å². The molecule has 0 heterocycles. The van der Waals surface area contributed by atoms with E-state index in [1.807, 2.05) is 0 Å². The summed E-state index contributed by atoms with van der Waals surface area (Å²) in [6.07, 6.45) is 86.1. The highest BCUT2D eigenvalue weighted by Crippen LogP contribution is 2.14. The molecular weight excluding hydrogens is 925 g/mol. The third-order valence-corrected chi connectivity index (χ3v) is 12.9. The first-order valence-electron chi connectivity index (χ1n) is 31.0. The van der Waals surface area contributed by atoms with Gasteiger partial charge in [-0.25, -0.2) is 0 Å². The maximum Gasteiger partial charge on any atom is 0.306 e. The molecule has 0 amide bonds. The molecule has 426 valence electrons. The van der Waals surface area contributed by atoms with E-state index in [1.165, 1.54) is 89.9 Å². The van der Waals surface area contributed by atoms with Crippen LogP contribution in [-0.2, 0) is 28.6 Å². The lowest BCUT2D eigenvalue weighted by molar-refractivity contribution is -0.167. The van der Waals surface area contributed by atoms with Crippen LogP contribution >= 0.6 is 0 Å². The zero-order valence-corrected chi connectivity index (χ0v) is 48.8. The third-order valence-electron chi connectivity index (χ3n) is 12.9. The zero-order valence-electron chi connectivity index (χ0n) is 48.8. The van der Waals surface area contributed by atoms with Crippen molar-refractivity contribution in [1.82, 2.24) is 0 Å². The van der Waals surface area contributed by atoms with E-state index in [0.717, 1.165) is 148 Å². The number of carbonyl (C=O) groups excluding carboxylic acids is 3. The van der Waals surface area contributed by atoms with Gasteiger partial charge in [0, 0.05) is 19.3 Å². The van der Waals surface area contributed by atoms with Crippen molar-refractivity contribution in [2.75, 3.05) is 13.2 Å². The number of carbonyl (C=O) groups is 3. The number of hydrogen-bond donors (Lipinski definition) is 0. The minimum atomic E-state index is -0.802. The van der Waals surface area contributed by atoms with Crippen molar-refractivity contribution in [3.8, 4) is 0 Å². The molecule has 0 aromatic heterocycles. The van der Waals surface area contributed by atoms with Crippen LogP contribution in [0.1, 0.15) is 278 Å². The number of hydrogen-bond acceptors (Lipinski definition) is 6. The Bertz CT molecular complexity index is 1570. The van der Waals surface area contributed by atoms with Crippen molar-refractivity contribution < 1.29 is 28.6 Å². The second-order valence-corrected chi connectivity index (χ2v) is 20.2. The molecule has 1 unspecified atom stereocenters. The van der Waals surface area contributed by atoms with Crippen LogP contribution in [0.3, 0.4) is 0 Å². The number of allylic oxidation sites excluding steroid dienone is 20. The average Bonchev–Trinajstić information content (AvgIpc) is 3.41. The van der Waals surface area contributed by atoms with Crippen molar-refractivity contribution in [3.05, 3.63) is 122 Å². The Hall–Kier alpha value is -4.19. The van der Waals surface area contributed by atoms with Crippen LogP contribution in [0.15, 0.2) is 122 Å². The molecule has 0 saturated carbocycles. The first-order chi connectivity index (χ1) is 37.0. The summed E-state index contributed by atoms with van der Waals surface area (Å²) in [4.78, 5) is 38.3. The van der Waals surface area contributed by atoms with E-state index in [-0.39, 0.29) is 31.1 Å². The van der Waals surface area contributed by atoms with Crippen LogP contribution in [-0.4, -0.2) is 37.2 Å². The molecule has 1 atom stereocenters. The van der Waals surface area contributed by atoms with Crippen molar-refractivity contribution in [2.24, 2.45) is 0 Å². The molecule has 0 aromatic carbocycles.